The van der Waals surface area contributed by atoms with E-state index in [2.05, 4.69) is 10.2 Å². The van der Waals surface area contributed by atoms with E-state index in [0.29, 0.717) is 23.1 Å². The lowest BCUT2D eigenvalue weighted by molar-refractivity contribution is 0.210. The topological polar surface area (TPSA) is 39.9 Å². The fourth-order valence-corrected chi connectivity index (χ4v) is 3.70. The summed E-state index contributed by atoms with van der Waals surface area (Å²) in [5.74, 6) is 1.73. The number of thioether (sulfide) groups is 1. The Kier molecular flexibility index (Phi) is 6.16. The molecule has 0 bridgehead atoms. The molecule has 0 N–H and O–H groups in total. The highest BCUT2D eigenvalue weighted by molar-refractivity contribution is 7.98. The van der Waals surface area contributed by atoms with E-state index < -0.39 is 0 Å². The molecule has 3 rings (SSSR count). The molecule has 0 saturated carbocycles. The van der Waals surface area contributed by atoms with Gasteiger partial charge in [0.15, 0.2) is 17.1 Å². The molecule has 26 heavy (non-hydrogen) atoms. The number of halogens is 2. The molecular formula is C19H19ClFN3OS. The van der Waals surface area contributed by atoms with Crippen LogP contribution in [0.5, 0.6) is 5.75 Å². The molecule has 1 unspecified atom stereocenters. The number of aromatic nitrogens is 3. The van der Waals surface area contributed by atoms with Gasteiger partial charge in [-0.3, -0.25) is 0 Å². The van der Waals surface area contributed by atoms with Gasteiger partial charge in [0.2, 0.25) is 0 Å². The van der Waals surface area contributed by atoms with Crippen LogP contribution in [-0.4, -0.2) is 14.8 Å². The van der Waals surface area contributed by atoms with Crippen molar-refractivity contribution in [1.82, 2.24) is 14.8 Å². The van der Waals surface area contributed by atoms with E-state index in [-0.39, 0.29) is 11.9 Å². The van der Waals surface area contributed by atoms with Crippen molar-refractivity contribution >= 4 is 23.4 Å². The average Bonchev–Trinajstić information content (AvgIpc) is 3.05. The van der Waals surface area contributed by atoms with Gasteiger partial charge in [-0.25, -0.2) is 4.39 Å². The standard InChI is InChI=1S/C19H19ClFN3OS/c1-3-24-18(13(2)25-17-10-5-4-9-16(17)20)22-23-19(24)26-12-14-7-6-8-15(21)11-14/h4-11,13H,3,12H2,1-2H3. The summed E-state index contributed by atoms with van der Waals surface area (Å²) in [6.45, 7) is 4.66. The molecule has 1 atom stereocenters. The van der Waals surface area contributed by atoms with Gasteiger partial charge >= 0.3 is 0 Å². The summed E-state index contributed by atoms with van der Waals surface area (Å²) >= 11 is 7.68. The fourth-order valence-electron chi connectivity index (χ4n) is 2.56. The molecule has 4 nitrogen and oxygen atoms in total. The molecule has 0 amide bonds. The molecule has 136 valence electrons. The maximum atomic E-state index is 13.3. The number of hydrogen-bond donors (Lipinski definition) is 0. The van der Waals surface area contributed by atoms with Crippen molar-refractivity contribution in [1.29, 1.82) is 0 Å². The quantitative estimate of drug-likeness (QED) is 0.497. The van der Waals surface area contributed by atoms with Crippen LogP contribution in [-0.2, 0) is 12.3 Å². The summed E-state index contributed by atoms with van der Waals surface area (Å²) in [5.41, 5.74) is 0.905. The highest BCUT2D eigenvalue weighted by Crippen LogP contribution is 2.30. The van der Waals surface area contributed by atoms with Gasteiger partial charge in [-0.15, -0.1) is 10.2 Å². The van der Waals surface area contributed by atoms with E-state index in [4.69, 9.17) is 16.3 Å². The molecule has 0 spiro atoms. The Morgan fingerprint density at radius 3 is 2.73 bits per heavy atom. The molecule has 0 radical (unpaired) electrons. The van der Waals surface area contributed by atoms with Crippen molar-refractivity contribution in [2.24, 2.45) is 0 Å². The molecule has 0 aliphatic carbocycles. The molecule has 0 saturated heterocycles. The van der Waals surface area contributed by atoms with E-state index in [1.807, 2.05) is 42.7 Å². The maximum absolute atomic E-state index is 13.3. The maximum Gasteiger partial charge on any atom is 0.191 e. The van der Waals surface area contributed by atoms with Crippen molar-refractivity contribution in [2.75, 3.05) is 0 Å². The second kappa shape index (κ2) is 8.56. The third-order valence-electron chi connectivity index (χ3n) is 3.82. The van der Waals surface area contributed by atoms with Crippen molar-refractivity contribution in [2.45, 2.75) is 37.4 Å². The Bertz CT molecular complexity index is 887. The average molecular weight is 392 g/mol. The SMILES string of the molecule is CCn1c(SCc2cccc(F)c2)nnc1C(C)Oc1ccccc1Cl. The van der Waals surface area contributed by atoms with Crippen LogP contribution in [0.2, 0.25) is 5.02 Å². The molecule has 2 aromatic carbocycles. The van der Waals surface area contributed by atoms with E-state index in [9.17, 15) is 4.39 Å². The number of ether oxygens (including phenoxy) is 1. The zero-order valence-corrected chi connectivity index (χ0v) is 16.1. The first-order valence-electron chi connectivity index (χ1n) is 8.30. The third kappa shape index (κ3) is 4.37. The van der Waals surface area contributed by atoms with Gasteiger partial charge in [0.1, 0.15) is 11.6 Å². The summed E-state index contributed by atoms with van der Waals surface area (Å²) in [7, 11) is 0. The smallest absolute Gasteiger partial charge is 0.191 e. The first-order chi connectivity index (χ1) is 12.6. The van der Waals surface area contributed by atoms with Crippen molar-refractivity contribution in [3.05, 3.63) is 70.8 Å². The van der Waals surface area contributed by atoms with Crippen LogP contribution in [0.3, 0.4) is 0 Å². The Balaban J connectivity index is 1.74. The lowest BCUT2D eigenvalue weighted by Gasteiger charge is -2.16. The van der Waals surface area contributed by atoms with Crippen LogP contribution in [0.15, 0.2) is 53.7 Å². The van der Waals surface area contributed by atoms with Crippen molar-refractivity contribution < 1.29 is 9.13 Å². The monoisotopic (exact) mass is 391 g/mol. The number of para-hydroxylation sites is 1. The minimum Gasteiger partial charge on any atom is -0.481 e. The summed E-state index contributed by atoms with van der Waals surface area (Å²) in [5, 5.41) is 9.91. The third-order valence-corrected chi connectivity index (χ3v) is 5.17. The van der Waals surface area contributed by atoms with Gasteiger partial charge in [0, 0.05) is 12.3 Å². The Morgan fingerprint density at radius 2 is 2.00 bits per heavy atom. The van der Waals surface area contributed by atoms with E-state index in [1.54, 1.807) is 12.1 Å². The minimum absolute atomic E-state index is 0.234. The predicted octanol–water partition coefficient (Wildman–Crippen LogP) is 5.52. The Labute approximate surface area is 161 Å². The van der Waals surface area contributed by atoms with Gasteiger partial charge in [-0.1, -0.05) is 47.6 Å². The zero-order chi connectivity index (χ0) is 18.5. The second-order valence-electron chi connectivity index (χ2n) is 5.69. The summed E-state index contributed by atoms with van der Waals surface area (Å²) < 4.78 is 21.3. The summed E-state index contributed by atoms with van der Waals surface area (Å²) in [6, 6.07) is 13.9. The summed E-state index contributed by atoms with van der Waals surface area (Å²) in [4.78, 5) is 0. The highest BCUT2D eigenvalue weighted by Gasteiger charge is 2.19. The predicted molar refractivity (Wildman–Crippen MR) is 102 cm³/mol. The van der Waals surface area contributed by atoms with Crippen molar-refractivity contribution in [3.63, 3.8) is 0 Å². The van der Waals surface area contributed by atoms with Crippen LogP contribution < -0.4 is 4.74 Å². The molecule has 0 aliphatic rings. The molecule has 0 aliphatic heterocycles. The van der Waals surface area contributed by atoms with Crippen LogP contribution in [0.25, 0.3) is 0 Å². The first kappa shape index (κ1) is 18.7. The molecule has 1 aromatic heterocycles. The molecule has 7 heteroatoms. The van der Waals surface area contributed by atoms with Crippen LogP contribution in [0.1, 0.15) is 31.3 Å². The molecule has 3 aromatic rings. The van der Waals surface area contributed by atoms with Crippen LogP contribution in [0, 0.1) is 5.82 Å². The summed E-state index contributed by atoms with van der Waals surface area (Å²) in [6.07, 6.45) is -0.300. The van der Waals surface area contributed by atoms with E-state index in [1.165, 1.54) is 23.9 Å². The zero-order valence-electron chi connectivity index (χ0n) is 14.5. The lowest BCUT2D eigenvalue weighted by atomic mass is 10.2. The number of nitrogens with zero attached hydrogens (tertiary/aromatic N) is 3. The molecule has 0 fully saturated rings. The normalized spacial score (nSPS) is 12.2. The van der Waals surface area contributed by atoms with Gasteiger partial charge in [-0.05, 0) is 43.7 Å². The molecule has 1 heterocycles. The largest absolute Gasteiger partial charge is 0.481 e. The fraction of sp³-hybridized carbons (Fsp3) is 0.263. The van der Waals surface area contributed by atoms with Crippen molar-refractivity contribution in [3.8, 4) is 5.75 Å². The first-order valence-corrected chi connectivity index (χ1v) is 9.66. The number of benzene rings is 2. The Morgan fingerprint density at radius 1 is 1.19 bits per heavy atom. The van der Waals surface area contributed by atoms with Gasteiger partial charge in [-0.2, -0.15) is 0 Å². The lowest BCUT2D eigenvalue weighted by Crippen LogP contribution is -2.12. The highest BCUT2D eigenvalue weighted by atomic mass is 35.5. The van der Waals surface area contributed by atoms with Gasteiger partial charge in [0.05, 0.1) is 5.02 Å². The van der Waals surface area contributed by atoms with Gasteiger partial charge < -0.3 is 9.30 Å². The number of hydrogen-bond acceptors (Lipinski definition) is 4. The molecular weight excluding hydrogens is 373 g/mol. The van der Waals surface area contributed by atoms with E-state index >= 15 is 0 Å². The van der Waals surface area contributed by atoms with E-state index in [0.717, 1.165) is 16.5 Å². The van der Waals surface area contributed by atoms with Crippen LogP contribution >= 0.6 is 23.4 Å². The minimum atomic E-state index is -0.300. The second-order valence-corrected chi connectivity index (χ2v) is 7.04. The van der Waals surface area contributed by atoms with Gasteiger partial charge in [0.25, 0.3) is 0 Å². The van der Waals surface area contributed by atoms with Crippen LogP contribution in [0.4, 0.5) is 4.39 Å². The Hall–Kier alpha value is -2.05. The number of rotatable bonds is 7.